The van der Waals surface area contributed by atoms with Crippen molar-refractivity contribution in [2.75, 3.05) is 6.54 Å². The normalized spacial score (nSPS) is 20.1. The summed E-state index contributed by atoms with van der Waals surface area (Å²) in [5, 5.41) is 0. The minimum absolute atomic E-state index is 0.170. The minimum Gasteiger partial charge on any atom is -0.330 e. The molecule has 1 rings (SSSR count). The van der Waals surface area contributed by atoms with Crippen molar-refractivity contribution in [2.45, 2.75) is 64.7 Å². The molecular formula is C13H25NO. The summed E-state index contributed by atoms with van der Waals surface area (Å²) in [6.07, 6.45) is 9.84. The Balaban J connectivity index is 2.40. The van der Waals surface area contributed by atoms with Crippen LogP contribution in [0.5, 0.6) is 0 Å². The summed E-state index contributed by atoms with van der Waals surface area (Å²) in [5.41, 5.74) is 6.03. The van der Waals surface area contributed by atoms with Crippen LogP contribution in [-0.2, 0) is 4.79 Å². The van der Waals surface area contributed by atoms with Crippen molar-refractivity contribution in [2.24, 2.45) is 11.1 Å². The van der Waals surface area contributed by atoms with Crippen molar-refractivity contribution in [3.8, 4) is 0 Å². The van der Waals surface area contributed by atoms with Crippen LogP contribution < -0.4 is 5.73 Å². The maximum Gasteiger partial charge on any atom is 0.133 e. The molecule has 0 aromatic rings. The van der Waals surface area contributed by atoms with Crippen molar-refractivity contribution < 1.29 is 4.79 Å². The highest BCUT2D eigenvalue weighted by molar-refractivity contribution is 5.79. The maximum absolute atomic E-state index is 11.8. The summed E-state index contributed by atoms with van der Waals surface area (Å²) in [7, 11) is 0. The highest BCUT2D eigenvalue weighted by atomic mass is 16.1. The van der Waals surface area contributed by atoms with Crippen molar-refractivity contribution >= 4 is 5.78 Å². The van der Waals surface area contributed by atoms with Gasteiger partial charge < -0.3 is 5.73 Å². The van der Waals surface area contributed by atoms with Crippen LogP contribution in [0, 0.1) is 5.41 Å². The predicted molar refractivity (Wildman–Crippen MR) is 63.7 cm³/mol. The van der Waals surface area contributed by atoms with E-state index in [-0.39, 0.29) is 5.41 Å². The largest absolute Gasteiger partial charge is 0.330 e. The zero-order chi connectivity index (χ0) is 11.1. The zero-order valence-electron chi connectivity index (χ0n) is 10.1. The Morgan fingerprint density at radius 1 is 1.27 bits per heavy atom. The second kappa shape index (κ2) is 6.26. The quantitative estimate of drug-likeness (QED) is 0.733. The third-order valence-corrected chi connectivity index (χ3v) is 3.73. The minimum atomic E-state index is 0.170. The molecule has 0 atom stereocenters. The molecule has 88 valence electrons. The van der Waals surface area contributed by atoms with Gasteiger partial charge in [-0.25, -0.2) is 0 Å². The Kier molecular flexibility index (Phi) is 5.30. The van der Waals surface area contributed by atoms with Gasteiger partial charge in [-0.3, -0.25) is 4.79 Å². The van der Waals surface area contributed by atoms with E-state index < -0.39 is 0 Å². The summed E-state index contributed by atoms with van der Waals surface area (Å²) in [5.74, 6) is 0.434. The summed E-state index contributed by atoms with van der Waals surface area (Å²) >= 11 is 0. The number of hydrogen-bond donors (Lipinski definition) is 1. The molecule has 1 aliphatic carbocycles. The second-order valence-corrected chi connectivity index (χ2v) is 5.08. The van der Waals surface area contributed by atoms with Crippen LogP contribution >= 0.6 is 0 Å². The van der Waals surface area contributed by atoms with E-state index in [2.05, 4.69) is 6.92 Å². The molecular weight excluding hydrogens is 186 g/mol. The Morgan fingerprint density at radius 2 is 1.93 bits per heavy atom. The number of ketones is 1. The highest BCUT2D eigenvalue weighted by Crippen LogP contribution is 2.38. The molecule has 0 aromatic carbocycles. The van der Waals surface area contributed by atoms with E-state index in [1.54, 1.807) is 0 Å². The number of nitrogens with two attached hydrogens (primary N) is 1. The molecule has 0 spiro atoms. The van der Waals surface area contributed by atoms with Crippen molar-refractivity contribution in [3.63, 3.8) is 0 Å². The van der Waals surface area contributed by atoms with Gasteiger partial charge in [-0.05, 0) is 31.2 Å². The first-order chi connectivity index (χ1) is 7.22. The van der Waals surface area contributed by atoms with Gasteiger partial charge in [0.25, 0.3) is 0 Å². The molecule has 0 aromatic heterocycles. The molecule has 15 heavy (non-hydrogen) atoms. The van der Waals surface area contributed by atoms with Crippen molar-refractivity contribution in [1.29, 1.82) is 0 Å². The van der Waals surface area contributed by atoms with E-state index in [9.17, 15) is 4.79 Å². The first-order valence-electron chi connectivity index (χ1n) is 6.44. The van der Waals surface area contributed by atoms with Crippen LogP contribution in [0.2, 0.25) is 0 Å². The van der Waals surface area contributed by atoms with Gasteiger partial charge in [0.15, 0.2) is 0 Å². The second-order valence-electron chi connectivity index (χ2n) is 5.08. The summed E-state index contributed by atoms with van der Waals surface area (Å²) in [6.45, 7) is 2.83. The monoisotopic (exact) mass is 211 g/mol. The van der Waals surface area contributed by atoms with Gasteiger partial charge >= 0.3 is 0 Å². The third-order valence-electron chi connectivity index (χ3n) is 3.73. The molecule has 0 aliphatic heterocycles. The van der Waals surface area contributed by atoms with E-state index in [4.69, 9.17) is 5.73 Å². The molecule has 2 N–H and O–H groups in total. The van der Waals surface area contributed by atoms with Gasteiger partial charge in [0.2, 0.25) is 0 Å². The molecule has 2 nitrogen and oxygen atoms in total. The fourth-order valence-corrected chi connectivity index (χ4v) is 2.64. The molecule has 0 unspecified atom stereocenters. The van der Waals surface area contributed by atoms with Gasteiger partial charge in [0.1, 0.15) is 5.78 Å². The zero-order valence-corrected chi connectivity index (χ0v) is 10.1. The maximum atomic E-state index is 11.8. The van der Waals surface area contributed by atoms with Crippen molar-refractivity contribution in [1.82, 2.24) is 0 Å². The van der Waals surface area contributed by atoms with Crippen molar-refractivity contribution in [3.05, 3.63) is 0 Å². The number of unbranched alkanes of at least 4 members (excludes halogenated alkanes) is 1. The standard InChI is InChI=1S/C13H25NO/c1-2-3-7-12(15)10-13(11-14)8-5-4-6-9-13/h2-11,14H2,1H3. The third kappa shape index (κ3) is 3.94. The molecule has 0 saturated heterocycles. The van der Waals surface area contributed by atoms with Gasteiger partial charge in [0.05, 0.1) is 0 Å². The summed E-state index contributed by atoms with van der Waals surface area (Å²) in [6, 6.07) is 0. The van der Waals surface area contributed by atoms with E-state index in [0.717, 1.165) is 25.7 Å². The number of Topliss-reactive ketones (excluding diaryl/α,β-unsaturated/α-hetero) is 1. The van der Waals surface area contributed by atoms with E-state index >= 15 is 0 Å². The summed E-state index contributed by atoms with van der Waals surface area (Å²) in [4.78, 5) is 11.8. The van der Waals surface area contributed by atoms with Crippen LogP contribution in [0.4, 0.5) is 0 Å². The van der Waals surface area contributed by atoms with E-state index in [0.29, 0.717) is 12.3 Å². The predicted octanol–water partition coefficient (Wildman–Crippen LogP) is 3.05. The Labute approximate surface area is 93.6 Å². The lowest BCUT2D eigenvalue weighted by Crippen LogP contribution is -2.35. The summed E-state index contributed by atoms with van der Waals surface area (Å²) < 4.78 is 0. The molecule has 0 amide bonds. The number of rotatable bonds is 6. The SMILES string of the molecule is CCCCC(=O)CC1(CN)CCCCC1. The van der Waals surface area contributed by atoms with Crippen LogP contribution in [0.3, 0.4) is 0 Å². The Morgan fingerprint density at radius 3 is 2.47 bits per heavy atom. The fraction of sp³-hybridized carbons (Fsp3) is 0.923. The lowest BCUT2D eigenvalue weighted by atomic mass is 9.70. The number of hydrogen-bond acceptors (Lipinski definition) is 2. The smallest absolute Gasteiger partial charge is 0.133 e. The lowest BCUT2D eigenvalue weighted by Gasteiger charge is -2.35. The van der Waals surface area contributed by atoms with Gasteiger partial charge in [-0.15, -0.1) is 0 Å². The van der Waals surface area contributed by atoms with Crippen LogP contribution in [-0.4, -0.2) is 12.3 Å². The molecule has 0 bridgehead atoms. The number of carbonyl (C=O) groups excluding carboxylic acids is 1. The molecule has 1 aliphatic rings. The molecule has 1 fully saturated rings. The Bertz CT molecular complexity index is 195. The average Bonchev–Trinajstić information content (AvgIpc) is 2.27. The lowest BCUT2D eigenvalue weighted by molar-refractivity contribution is -0.121. The number of carbonyl (C=O) groups is 1. The van der Waals surface area contributed by atoms with E-state index in [1.165, 1.54) is 32.1 Å². The molecule has 2 heteroatoms. The van der Waals surface area contributed by atoms with E-state index in [1.807, 2.05) is 0 Å². The molecule has 0 heterocycles. The fourth-order valence-electron chi connectivity index (χ4n) is 2.64. The first-order valence-corrected chi connectivity index (χ1v) is 6.44. The van der Waals surface area contributed by atoms with Crippen LogP contribution in [0.1, 0.15) is 64.7 Å². The average molecular weight is 211 g/mol. The van der Waals surface area contributed by atoms with Gasteiger partial charge in [0, 0.05) is 12.8 Å². The van der Waals surface area contributed by atoms with Crippen LogP contribution in [0.15, 0.2) is 0 Å². The topological polar surface area (TPSA) is 43.1 Å². The first kappa shape index (κ1) is 12.7. The highest BCUT2D eigenvalue weighted by Gasteiger charge is 2.32. The Hall–Kier alpha value is -0.370. The van der Waals surface area contributed by atoms with Gasteiger partial charge in [-0.2, -0.15) is 0 Å². The molecule has 0 radical (unpaired) electrons. The molecule has 1 saturated carbocycles. The van der Waals surface area contributed by atoms with Gasteiger partial charge in [-0.1, -0.05) is 32.6 Å². The van der Waals surface area contributed by atoms with Crippen LogP contribution in [0.25, 0.3) is 0 Å².